The molecule has 1 atom stereocenters. The fourth-order valence-electron chi connectivity index (χ4n) is 5.56. The SMILES string of the molecule is CCOc1cc(C)cc(-c2cnc3c(c2)N(S(=O)(=O)c2cccc(C(F)(F)F)c2)C[C@@H]2CN(CCC(=O)OC)CCN32)c1. The number of benzene rings is 2. The topological polar surface area (TPSA) is 92.3 Å². The Morgan fingerprint density at radius 2 is 1.86 bits per heavy atom. The second-order valence-electron chi connectivity index (χ2n) is 10.6. The number of aryl methyl sites for hydroxylation is 1. The predicted octanol–water partition coefficient (Wildman–Crippen LogP) is 4.74. The maximum absolute atomic E-state index is 14.1. The van der Waals surface area contributed by atoms with Crippen molar-refractivity contribution in [2.24, 2.45) is 0 Å². The van der Waals surface area contributed by atoms with Gasteiger partial charge in [0.15, 0.2) is 5.82 Å². The van der Waals surface area contributed by atoms with Gasteiger partial charge in [-0.2, -0.15) is 13.2 Å². The van der Waals surface area contributed by atoms with Gasteiger partial charge in [0.1, 0.15) is 5.75 Å². The fourth-order valence-corrected chi connectivity index (χ4v) is 7.10. The van der Waals surface area contributed by atoms with Crippen LogP contribution in [0, 0.1) is 6.92 Å². The summed E-state index contributed by atoms with van der Waals surface area (Å²) in [4.78, 5) is 20.1. The predicted molar refractivity (Wildman–Crippen MR) is 156 cm³/mol. The Kier molecular flexibility index (Phi) is 8.57. The standard InChI is InChI=1S/C30H33F3N4O5S/c1-4-42-25-13-20(2)12-21(14-25)22-15-27-29(34-17-22)36-11-10-35(9-8-28(38)41-3)18-24(36)19-37(27)43(39,40)26-7-5-6-23(16-26)30(31,32)33/h5-7,12-17,24H,4,8-11,18-19H2,1-3H3/t24-/m0/s1. The third-order valence-corrected chi connectivity index (χ3v) is 9.41. The smallest absolute Gasteiger partial charge is 0.416 e. The molecular formula is C30H33F3N4O5S. The second-order valence-corrected chi connectivity index (χ2v) is 12.4. The number of alkyl halides is 3. The molecular weight excluding hydrogens is 585 g/mol. The van der Waals surface area contributed by atoms with E-state index in [9.17, 15) is 26.4 Å². The summed E-state index contributed by atoms with van der Waals surface area (Å²) in [5, 5.41) is 0. The number of piperazine rings is 1. The summed E-state index contributed by atoms with van der Waals surface area (Å²) in [7, 11) is -3.11. The fraction of sp³-hybridized carbons (Fsp3) is 0.400. The van der Waals surface area contributed by atoms with Crippen LogP contribution in [-0.2, 0) is 25.7 Å². The summed E-state index contributed by atoms with van der Waals surface area (Å²) in [6.07, 6.45) is -2.85. The van der Waals surface area contributed by atoms with Gasteiger partial charge in [-0.1, -0.05) is 12.1 Å². The normalized spacial score (nSPS) is 17.3. The number of hydrogen-bond acceptors (Lipinski definition) is 8. The maximum atomic E-state index is 14.1. The van der Waals surface area contributed by atoms with Crippen LogP contribution >= 0.6 is 0 Å². The van der Waals surface area contributed by atoms with Crippen molar-refractivity contribution in [2.75, 3.05) is 55.6 Å². The summed E-state index contributed by atoms with van der Waals surface area (Å²) in [5.74, 6) is 0.746. The van der Waals surface area contributed by atoms with E-state index < -0.39 is 26.7 Å². The van der Waals surface area contributed by atoms with Crippen LogP contribution in [0.3, 0.4) is 0 Å². The first kappa shape index (κ1) is 30.6. The summed E-state index contributed by atoms with van der Waals surface area (Å²) in [6.45, 7) is 6.28. The molecule has 0 spiro atoms. The molecule has 0 radical (unpaired) electrons. The Bertz CT molecular complexity index is 1620. The summed E-state index contributed by atoms with van der Waals surface area (Å²) < 4.78 is 80.4. The van der Waals surface area contributed by atoms with Crippen molar-refractivity contribution in [1.82, 2.24) is 9.88 Å². The van der Waals surface area contributed by atoms with E-state index in [-0.39, 0.29) is 30.7 Å². The minimum Gasteiger partial charge on any atom is -0.494 e. The van der Waals surface area contributed by atoms with E-state index in [0.29, 0.717) is 56.0 Å². The number of anilines is 2. The lowest BCUT2D eigenvalue weighted by atomic mass is 10.0. The largest absolute Gasteiger partial charge is 0.494 e. The lowest BCUT2D eigenvalue weighted by molar-refractivity contribution is -0.141. The molecule has 3 aromatic rings. The molecule has 0 aliphatic carbocycles. The number of halogens is 3. The number of hydrogen-bond donors (Lipinski definition) is 0. The molecule has 1 saturated heterocycles. The molecule has 230 valence electrons. The summed E-state index contributed by atoms with van der Waals surface area (Å²) >= 11 is 0. The van der Waals surface area contributed by atoms with Crippen LogP contribution in [0.1, 0.15) is 24.5 Å². The number of ether oxygens (including phenoxy) is 2. The average Bonchev–Trinajstić information content (AvgIpc) is 2.98. The zero-order valence-corrected chi connectivity index (χ0v) is 24.9. The number of aromatic nitrogens is 1. The first-order chi connectivity index (χ1) is 20.4. The molecule has 0 N–H and O–H groups in total. The van der Waals surface area contributed by atoms with E-state index in [1.54, 1.807) is 12.3 Å². The minimum atomic E-state index is -4.70. The molecule has 2 aliphatic rings. The second kappa shape index (κ2) is 12.0. The monoisotopic (exact) mass is 618 g/mol. The van der Waals surface area contributed by atoms with Crippen LogP contribution in [0.4, 0.5) is 24.7 Å². The van der Waals surface area contributed by atoms with E-state index in [1.807, 2.05) is 36.9 Å². The van der Waals surface area contributed by atoms with E-state index in [0.717, 1.165) is 23.3 Å². The Balaban J connectivity index is 1.58. The molecule has 0 saturated carbocycles. The number of sulfonamides is 1. The third-order valence-electron chi connectivity index (χ3n) is 7.64. The number of esters is 1. The van der Waals surface area contributed by atoms with Gasteiger partial charge in [-0.05, 0) is 61.4 Å². The zero-order valence-electron chi connectivity index (χ0n) is 24.1. The van der Waals surface area contributed by atoms with E-state index in [4.69, 9.17) is 14.5 Å². The van der Waals surface area contributed by atoms with Crippen LogP contribution in [0.25, 0.3) is 11.1 Å². The molecule has 1 fully saturated rings. The van der Waals surface area contributed by atoms with Gasteiger partial charge in [0, 0.05) is 37.9 Å². The Hall–Kier alpha value is -3.84. The van der Waals surface area contributed by atoms with Gasteiger partial charge in [-0.15, -0.1) is 0 Å². The highest BCUT2D eigenvalue weighted by atomic mass is 32.2. The van der Waals surface area contributed by atoms with Gasteiger partial charge in [0.25, 0.3) is 10.0 Å². The number of rotatable bonds is 8. The summed E-state index contributed by atoms with van der Waals surface area (Å²) in [5.41, 5.74) is 1.59. The maximum Gasteiger partial charge on any atom is 0.416 e. The summed E-state index contributed by atoms with van der Waals surface area (Å²) in [6, 6.07) is 10.8. The van der Waals surface area contributed by atoms with Crippen molar-refractivity contribution in [3.8, 4) is 16.9 Å². The highest BCUT2D eigenvalue weighted by Crippen LogP contribution is 2.41. The quantitative estimate of drug-likeness (QED) is 0.335. The Labute approximate surface area is 248 Å². The molecule has 13 heteroatoms. The van der Waals surface area contributed by atoms with Crippen LogP contribution in [0.15, 0.2) is 59.6 Å². The first-order valence-electron chi connectivity index (χ1n) is 13.9. The highest BCUT2D eigenvalue weighted by molar-refractivity contribution is 7.92. The molecule has 5 rings (SSSR count). The molecule has 43 heavy (non-hydrogen) atoms. The lowest BCUT2D eigenvalue weighted by Gasteiger charge is -2.48. The van der Waals surface area contributed by atoms with Gasteiger partial charge in [0.05, 0.1) is 48.9 Å². The molecule has 0 bridgehead atoms. The van der Waals surface area contributed by atoms with E-state index >= 15 is 0 Å². The number of carbonyl (C=O) groups is 1. The molecule has 9 nitrogen and oxygen atoms in total. The molecule has 0 unspecified atom stereocenters. The Morgan fingerprint density at radius 3 is 2.58 bits per heavy atom. The third kappa shape index (κ3) is 6.42. The highest BCUT2D eigenvalue weighted by Gasteiger charge is 2.41. The molecule has 2 aromatic carbocycles. The van der Waals surface area contributed by atoms with E-state index in [1.165, 1.54) is 17.5 Å². The van der Waals surface area contributed by atoms with Crippen molar-refractivity contribution in [1.29, 1.82) is 0 Å². The van der Waals surface area contributed by atoms with Crippen molar-refractivity contribution < 1.29 is 35.9 Å². The van der Waals surface area contributed by atoms with Gasteiger partial charge in [-0.3, -0.25) is 14.0 Å². The number of carbonyl (C=O) groups excluding carboxylic acids is 1. The van der Waals surface area contributed by atoms with Crippen LogP contribution in [0.5, 0.6) is 5.75 Å². The molecule has 0 amide bonds. The minimum absolute atomic E-state index is 0.0105. The first-order valence-corrected chi connectivity index (χ1v) is 15.4. The zero-order chi connectivity index (χ0) is 30.9. The van der Waals surface area contributed by atoms with Crippen LogP contribution in [-0.4, -0.2) is 76.8 Å². The number of methoxy groups -OCH3 is 1. The lowest BCUT2D eigenvalue weighted by Crippen LogP contribution is -2.61. The average molecular weight is 619 g/mol. The number of nitrogens with zero attached hydrogens (tertiary/aromatic N) is 4. The van der Waals surface area contributed by atoms with Gasteiger partial charge < -0.3 is 14.4 Å². The molecule has 3 heterocycles. The molecule has 2 aliphatic heterocycles. The van der Waals surface area contributed by atoms with Crippen molar-refractivity contribution in [3.05, 3.63) is 65.9 Å². The van der Waals surface area contributed by atoms with Crippen LogP contribution < -0.4 is 13.9 Å². The van der Waals surface area contributed by atoms with Crippen molar-refractivity contribution in [3.63, 3.8) is 0 Å². The van der Waals surface area contributed by atoms with Gasteiger partial charge in [-0.25, -0.2) is 13.4 Å². The van der Waals surface area contributed by atoms with E-state index in [2.05, 4.69) is 4.90 Å². The van der Waals surface area contributed by atoms with Gasteiger partial charge >= 0.3 is 12.1 Å². The van der Waals surface area contributed by atoms with Crippen molar-refractivity contribution >= 4 is 27.5 Å². The number of fused-ring (bicyclic) bond motifs is 3. The van der Waals surface area contributed by atoms with Crippen LogP contribution in [0.2, 0.25) is 0 Å². The van der Waals surface area contributed by atoms with Crippen molar-refractivity contribution in [2.45, 2.75) is 37.4 Å². The number of pyridine rings is 1. The molecule has 1 aromatic heterocycles. The Morgan fingerprint density at radius 1 is 1.07 bits per heavy atom. The van der Waals surface area contributed by atoms with Gasteiger partial charge in [0.2, 0.25) is 0 Å².